The van der Waals surface area contributed by atoms with Gasteiger partial charge in [-0.2, -0.15) is 0 Å². The first kappa shape index (κ1) is 20.2. The number of hydrogen-bond acceptors (Lipinski definition) is 2. The van der Waals surface area contributed by atoms with Crippen molar-refractivity contribution in [1.82, 2.24) is 10.6 Å². The quantitative estimate of drug-likeness (QED) is 0.637. The number of nitrogens with one attached hydrogen (secondary N) is 2. The van der Waals surface area contributed by atoms with E-state index in [4.69, 9.17) is 0 Å². The predicted octanol–water partition coefficient (Wildman–Crippen LogP) is 4.05. The average Bonchev–Trinajstić information content (AvgIpc) is 2.61. The van der Waals surface area contributed by atoms with Gasteiger partial charge >= 0.3 is 0 Å². The van der Waals surface area contributed by atoms with Crippen LogP contribution in [-0.2, 0) is 10.2 Å². The number of hydrogen-bond donors (Lipinski definition) is 2. The molecule has 0 aromatic heterocycles. The van der Waals surface area contributed by atoms with Gasteiger partial charge in [0.25, 0.3) is 5.91 Å². The van der Waals surface area contributed by atoms with Crippen molar-refractivity contribution < 1.29 is 9.59 Å². The summed E-state index contributed by atoms with van der Waals surface area (Å²) >= 11 is 3.35. The van der Waals surface area contributed by atoms with Gasteiger partial charge in [0.05, 0.1) is 0 Å². The fraction of sp³-hybridized carbons (Fsp3) is 0.333. The molecule has 0 bridgehead atoms. The monoisotopic (exact) mass is 416 g/mol. The zero-order valence-corrected chi connectivity index (χ0v) is 16.8. The van der Waals surface area contributed by atoms with Crippen LogP contribution in [0.5, 0.6) is 0 Å². The minimum absolute atomic E-state index is 0.0252. The molecule has 26 heavy (non-hydrogen) atoms. The molecule has 2 N–H and O–H groups in total. The molecule has 0 unspecified atom stereocenters. The molecule has 2 aromatic carbocycles. The lowest BCUT2D eigenvalue weighted by Crippen LogP contribution is -2.33. The number of amides is 2. The smallest absolute Gasteiger partial charge is 0.251 e. The molecule has 0 aliphatic rings. The summed E-state index contributed by atoms with van der Waals surface area (Å²) in [5.41, 5.74) is 1.56. The Bertz CT molecular complexity index is 745. The zero-order chi connectivity index (χ0) is 19.0. The maximum absolute atomic E-state index is 12.2. The second-order valence-electron chi connectivity index (χ2n) is 6.90. The van der Waals surface area contributed by atoms with E-state index in [1.807, 2.05) is 42.5 Å². The predicted molar refractivity (Wildman–Crippen MR) is 108 cm³/mol. The van der Waals surface area contributed by atoms with Gasteiger partial charge in [-0.3, -0.25) is 9.59 Å². The number of carbonyl (C=O) groups excluding carboxylic acids is 2. The molecular weight excluding hydrogens is 392 g/mol. The van der Waals surface area contributed by atoms with Crippen LogP contribution in [0, 0.1) is 0 Å². The molecule has 5 heteroatoms. The van der Waals surface area contributed by atoms with Crippen LogP contribution in [0.2, 0.25) is 0 Å². The first-order valence-corrected chi connectivity index (χ1v) is 9.54. The minimum atomic E-state index is -0.208. The molecule has 0 spiro atoms. The lowest BCUT2D eigenvalue weighted by molar-refractivity contribution is -0.122. The second-order valence-corrected chi connectivity index (χ2v) is 7.81. The van der Waals surface area contributed by atoms with Gasteiger partial charge in [0.15, 0.2) is 0 Å². The van der Waals surface area contributed by atoms with Crippen molar-refractivity contribution in [1.29, 1.82) is 0 Å². The number of rotatable bonds is 8. The van der Waals surface area contributed by atoms with E-state index in [1.165, 1.54) is 0 Å². The highest BCUT2D eigenvalue weighted by Crippen LogP contribution is 2.26. The Morgan fingerprint density at radius 3 is 2.35 bits per heavy atom. The Balaban J connectivity index is 1.68. The average molecular weight is 417 g/mol. The highest BCUT2D eigenvalue weighted by molar-refractivity contribution is 9.10. The van der Waals surface area contributed by atoms with Gasteiger partial charge in [-0.1, -0.05) is 66.2 Å². The standard InChI is InChI=1S/C21H25BrN2O2/c1-21(2,17-9-4-3-5-10-17)15-19(25)23-12-7-13-24-20(26)16-8-6-11-18(22)14-16/h3-6,8-11,14H,7,12-13,15H2,1-2H3,(H,23,25)(H,24,26). The van der Waals surface area contributed by atoms with E-state index in [9.17, 15) is 9.59 Å². The fourth-order valence-electron chi connectivity index (χ4n) is 2.71. The third-order valence-corrected chi connectivity index (χ3v) is 4.70. The summed E-state index contributed by atoms with van der Waals surface area (Å²) in [4.78, 5) is 24.2. The molecule has 4 nitrogen and oxygen atoms in total. The molecule has 138 valence electrons. The topological polar surface area (TPSA) is 58.2 Å². The van der Waals surface area contributed by atoms with Crippen LogP contribution < -0.4 is 10.6 Å². The molecular formula is C21H25BrN2O2. The highest BCUT2D eigenvalue weighted by atomic mass is 79.9. The van der Waals surface area contributed by atoms with Crippen molar-refractivity contribution in [2.24, 2.45) is 0 Å². The summed E-state index contributed by atoms with van der Waals surface area (Å²) in [6, 6.07) is 17.3. The Hall–Kier alpha value is -2.14. The third kappa shape index (κ3) is 6.30. The van der Waals surface area contributed by atoms with Crippen LogP contribution in [0.1, 0.15) is 42.6 Å². The number of carbonyl (C=O) groups is 2. The molecule has 0 saturated heterocycles. The van der Waals surface area contributed by atoms with Crippen LogP contribution in [0.25, 0.3) is 0 Å². The van der Waals surface area contributed by atoms with Gasteiger partial charge in [0, 0.05) is 29.5 Å². The SMILES string of the molecule is CC(C)(CC(=O)NCCCNC(=O)c1cccc(Br)c1)c1ccccc1. The molecule has 0 atom stereocenters. The Kier molecular flexibility index (Phi) is 7.39. The summed E-state index contributed by atoms with van der Waals surface area (Å²) in [5.74, 6) is -0.0833. The van der Waals surface area contributed by atoms with Crippen molar-refractivity contribution in [3.63, 3.8) is 0 Å². The van der Waals surface area contributed by atoms with E-state index in [0.29, 0.717) is 31.5 Å². The Labute approximate surface area is 163 Å². The summed E-state index contributed by atoms with van der Waals surface area (Å²) in [5, 5.41) is 5.80. The molecule has 2 aromatic rings. The van der Waals surface area contributed by atoms with Crippen LogP contribution in [-0.4, -0.2) is 24.9 Å². The van der Waals surface area contributed by atoms with E-state index >= 15 is 0 Å². The molecule has 0 radical (unpaired) electrons. The lowest BCUT2D eigenvalue weighted by Gasteiger charge is -2.24. The summed E-state index contributed by atoms with van der Waals surface area (Å²) in [6.07, 6.45) is 1.12. The largest absolute Gasteiger partial charge is 0.356 e. The minimum Gasteiger partial charge on any atom is -0.356 e. The molecule has 0 aliphatic carbocycles. The number of benzene rings is 2. The van der Waals surface area contributed by atoms with Gasteiger partial charge in [0.2, 0.25) is 5.91 Å². The Morgan fingerprint density at radius 1 is 0.962 bits per heavy atom. The van der Waals surface area contributed by atoms with Crippen LogP contribution in [0.15, 0.2) is 59.1 Å². The van der Waals surface area contributed by atoms with Crippen molar-refractivity contribution in [3.8, 4) is 0 Å². The van der Waals surface area contributed by atoms with E-state index < -0.39 is 0 Å². The summed E-state index contributed by atoms with van der Waals surface area (Å²) in [6.45, 7) is 5.20. The molecule has 0 fully saturated rings. The van der Waals surface area contributed by atoms with Crippen molar-refractivity contribution in [2.45, 2.75) is 32.1 Å². The molecule has 2 rings (SSSR count). The maximum atomic E-state index is 12.2. The van der Waals surface area contributed by atoms with Gasteiger partial charge in [-0.15, -0.1) is 0 Å². The van der Waals surface area contributed by atoms with E-state index in [1.54, 1.807) is 12.1 Å². The van der Waals surface area contributed by atoms with Crippen molar-refractivity contribution in [2.75, 3.05) is 13.1 Å². The van der Waals surface area contributed by atoms with Crippen LogP contribution in [0.3, 0.4) is 0 Å². The second kappa shape index (κ2) is 9.53. The molecule has 0 heterocycles. The van der Waals surface area contributed by atoms with E-state index in [2.05, 4.69) is 40.4 Å². The number of halogens is 1. The maximum Gasteiger partial charge on any atom is 0.251 e. The third-order valence-electron chi connectivity index (χ3n) is 4.21. The van der Waals surface area contributed by atoms with Crippen LogP contribution >= 0.6 is 15.9 Å². The van der Waals surface area contributed by atoms with E-state index in [-0.39, 0.29) is 17.2 Å². The highest BCUT2D eigenvalue weighted by Gasteiger charge is 2.23. The van der Waals surface area contributed by atoms with Crippen molar-refractivity contribution >= 4 is 27.7 Å². The van der Waals surface area contributed by atoms with Gasteiger partial charge in [-0.25, -0.2) is 0 Å². The van der Waals surface area contributed by atoms with Crippen LogP contribution in [0.4, 0.5) is 0 Å². The normalized spacial score (nSPS) is 11.0. The zero-order valence-electron chi connectivity index (χ0n) is 15.2. The molecule has 0 aliphatic heterocycles. The van der Waals surface area contributed by atoms with E-state index in [0.717, 1.165) is 10.0 Å². The molecule has 2 amide bonds. The molecule has 0 saturated carbocycles. The van der Waals surface area contributed by atoms with Gasteiger partial charge < -0.3 is 10.6 Å². The first-order chi connectivity index (χ1) is 12.4. The van der Waals surface area contributed by atoms with Gasteiger partial charge in [0.1, 0.15) is 0 Å². The summed E-state index contributed by atoms with van der Waals surface area (Å²) in [7, 11) is 0. The lowest BCUT2D eigenvalue weighted by atomic mass is 9.81. The van der Waals surface area contributed by atoms with Gasteiger partial charge in [-0.05, 0) is 35.6 Å². The summed E-state index contributed by atoms with van der Waals surface area (Å²) < 4.78 is 0.874. The fourth-order valence-corrected chi connectivity index (χ4v) is 3.10. The first-order valence-electron chi connectivity index (χ1n) is 8.74. The Morgan fingerprint density at radius 2 is 1.65 bits per heavy atom. The van der Waals surface area contributed by atoms with Crippen molar-refractivity contribution in [3.05, 3.63) is 70.2 Å².